The fraction of sp³-hybridized carbons (Fsp3) is 0.446. The third-order valence-corrected chi connectivity index (χ3v) is 25.0. The van der Waals surface area contributed by atoms with Crippen LogP contribution in [-0.4, -0.2) is 101 Å². The van der Waals surface area contributed by atoms with Crippen LogP contribution in [0.4, 0.5) is 5.82 Å². The van der Waals surface area contributed by atoms with Gasteiger partial charge in [0.2, 0.25) is 8.32 Å². The van der Waals surface area contributed by atoms with Crippen LogP contribution in [0.25, 0.3) is 11.2 Å². The van der Waals surface area contributed by atoms with Gasteiger partial charge < -0.3 is 33.0 Å². The van der Waals surface area contributed by atoms with Crippen molar-refractivity contribution >= 4 is 50.8 Å². The van der Waals surface area contributed by atoms with E-state index in [0.29, 0.717) is 28.3 Å². The number of hydrogen-bond donors (Lipinski definition) is 2. The minimum Gasteiger partial charge on any atom is -0.497 e. The topological polar surface area (TPSA) is 155 Å². The van der Waals surface area contributed by atoms with Crippen molar-refractivity contribution in [3.8, 4) is 17.6 Å². The van der Waals surface area contributed by atoms with Gasteiger partial charge in [-0.2, -0.15) is 16.3 Å². The van der Waals surface area contributed by atoms with E-state index in [0.717, 1.165) is 28.2 Å². The minimum absolute atomic E-state index is 0.0512. The van der Waals surface area contributed by atoms with Crippen LogP contribution >= 0.6 is 19.6 Å². The lowest BCUT2D eigenvalue weighted by atomic mass is 9.80. The lowest BCUT2D eigenvalue weighted by Gasteiger charge is -2.46. The summed E-state index contributed by atoms with van der Waals surface area (Å²) in [7, 11) is -1.02. The summed E-state index contributed by atoms with van der Waals surface area (Å²) in [5, 5.41) is 12.4. The van der Waals surface area contributed by atoms with Crippen LogP contribution in [-0.2, 0) is 23.8 Å². The SMILES string of the molecule is COc1ccc(C(OC[C@@H]2[C@@H](OP(OCCC#N)N(C(C)C)C(C)C)[C@@H](O[Si](C(C)C)(C(C)C)C(C)C)C[SH]2n2cnc3c(NC(=O)c4ccccc4)ncnc32)(c2ccccc2)c2ccc(OC)cc2)cc1. The van der Waals surface area contributed by atoms with Crippen LogP contribution < -0.4 is 14.8 Å². The predicted molar refractivity (Wildman–Crippen MR) is 297 cm³/mol. The highest BCUT2D eigenvalue weighted by molar-refractivity contribution is 8.16. The van der Waals surface area contributed by atoms with Gasteiger partial charge in [0.1, 0.15) is 35.9 Å². The second kappa shape index (κ2) is 24.9. The Labute approximate surface area is 437 Å². The maximum Gasteiger partial charge on any atom is 0.259 e. The first kappa shape index (κ1) is 55.5. The van der Waals surface area contributed by atoms with Crippen molar-refractivity contribution < 1.29 is 32.5 Å². The summed E-state index contributed by atoms with van der Waals surface area (Å²) in [5.41, 5.74) is 3.95. The zero-order chi connectivity index (χ0) is 52.5. The first-order valence-electron chi connectivity index (χ1n) is 25.3. The van der Waals surface area contributed by atoms with E-state index in [1.807, 2.05) is 67.0 Å². The van der Waals surface area contributed by atoms with Gasteiger partial charge in [0, 0.05) is 23.4 Å². The molecule has 1 amide bonds. The van der Waals surface area contributed by atoms with Crippen LogP contribution in [0.2, 0.25) is 16.6 Å². The minimum atomic E-state index is -2.60. The van der Waals surface area contributed by atoms with Crippen LogP contribution in [0, 0.1) is 11.3 Å². The molecular formula is C56H74N7O7PSSi. The van der Waals surface area contributed by atoms with Crippen molar-refractivity contribution in [2.45, 2.75) is 127 Å². The lowest BCUT2D eigenvalue weighted by molar-refractivity contribution is -0.0154. The summed E-state index contributed by atoms with van der Waals surface area (Å²) in [6.07, 6.45) is 2.54. The van der Waals surface area contributed by atoms with E-state index in [2.05, 4.69) is 131 Å². The standard InChI is InChI=1S/C56H74N7O7PSSi/c1-38(2)63(39(3)4)71(68-33-19-32-57)69-52-49(70-73(40(5)6,41(7)8)42(9)10)35-72(62-37-60-51-53(58-36-59-54(51)62)61-55(64)43-20-15-13-16-21-43)50(52)34-67-56(44-22-17-14-18-23-44,45-24-28-47(65-11)29-25-45)46-26-30-48(66-12)31-27-46/h13-18,20-31,36-42,49-50,52,72H,19,33-35H2,1-12H3,(H,58,59,61,64)/t49-,50+,52-,71?/m0/s1. The second-order valence-electron chi connectivity index (χ2n) is 19.9. The Hall–Kier alpha value is -5.21. The van der Waals surface area contributed by atoms with Gasteiger partial charge >= 0.3 is 0 Å². The van der Waals surface area contributed by atoms with Crippen molar-refractivity contribution in [3.63, 3.8) is 0 Å². The number of fused-ring (bicyclic) bond motifs is 1. The van der Waals surface area contributed by atoms with Gasteiger partial charge in [-0.3, -0.25) is 8.77 Å². The quantitative estimate of drug-likeness (QED) is 0.0195. The second-order valence-corrected chi connectivity index (χ2v) is 29.1. The molecule has 7 rings (SSSR count). The molecule has 0 bridgehead atoms. The summed E-state index contributed by atoms with van der Waals surface area (Å²) in [5.74, 6) is 2.04. The molecule has 390 valence electrons. The van der Waals surface area contributed by atoms with Crippen molar-refractivity contribution in [3.05, 3.63) is 144 Å². The Morgan fingerprint density at radius 2 is 1.34 bits per heavy atom. The van der Waals surface area contributed by atoms with Gasteiger partial charge in [0.05, 0.1) is 51.3 Å². The Morgan fingerprint density at radius 3 is 1.86 bits per heavy atom. The molecule has 1 fully saturated rings. The van der Waals surface area contributed by atoms with Crippen molar-refractivity contribution in [1.82, 2.24) is 23.6 Å². The monoisotopic (exact) mass is 1050 g/mol. The van der Waals surface area contributed by atoms with Gasteiger partial charge in [-0.05, 0) is 97.4 Å². The van der Waals surface area contributed by atoms with Gasteiger partial charge in [0.25, 0.3) is 14.4 Å². The van der Waals surface area contributed by atoms with E-state index < -0.39 is 45.7 Å². The zero-order valence-electron chi connectivity index (χ0n) is 44.4. The number of carbonyl (C=O) groups excluding carboxylic acids is 1. The van der Waals surface area contributed by atoms with E-state index in [1.165, 1.54) is 6.33 Å². The molecule has 17 heteroatoms. The van der Waals surface area contributed by atoms with Crippen LogP contribution in [0.5, 0.6) is 11.5 Å². The molecule has 2 aromatic heterocycles. The highest BCUT2D eigenvalue weighted by Gasteiger charge is 2.54. The van der Waals surface area contributed by atoms with E-state index in [1.54, 1.807) is 26.4 Å². The number of aromatic nitrogens is 4. The van der Waals surface area contributed by atoms with E-state index in [4.69, 9.17) is 37.7 Å². The Bertz CT molecular complexity index is 2670. The summed E-state index contributed by atoms with van der Waals surface area (Å²) in [6.45, 7) is 22.9. The average molecular weight is 1050 g/mol. The summed E-state index contributed by atoms with van der Waals surface area (Å²) in [6, 6.07) is 37.9. The molecule has 0 radical (unpaired) electrons. The highest BCUT2D eigenvalue weighted by Crippen LogP contribution is 2.57. The number of amides is 1. The highest BCUT2D eigenvalue weighted by atomic mass is 32.2. The summed E-state index contributed by atoms with van der Waals surface area (Å²) in [4.78, 5) is 28.0. The number of nitrogens with zero attached hydrogens (tertiary/aromatic N) is 6. The van der Waals surface area contributed by atoms with Gasteiger partial charge in [-0.1, -0.05) is 114 Å². The molecule has 4 aromatic carbocycles. The number of nitriles is 1. The van der Waals surface area contributed by atoms with E-state index >= 15 is 0 Å². The first-order chi connectivity index (χ1) is 35.1. The Balaban J connectivity index is 1.47. The molecule has 0 saturated carbocycles. The molecule has 14 nitrogen and oxygen atoms in total. The summed E-state index contributed by atoms with van der Waals surface area (Å²) >= 11 is -1.36. The fourth-order valence-corrected chi connectivity index (χ4v) is 21.2. The maximum absolute atomic E-state index is 13.6. The van der Waals surface area contributed by atoms with Gasteiger partial charge in [-0.25, -0.2) is 19.6 Å². The number of rotatable bonds is 24. The van der Waals surface area contributed by atoms with Crippen molar-refractivity contribution in [2.75, 3.05) is 38.5 Å². The van der Waals surface area contributed by atoms with Crippen molar-refractivity contribution in [1.29, 1.82) is 5.26 Å². The molecule has 1 aliphatic heterocycles. The Kier molecular flexibility index (Phi) is 18.9. The summed E-state index contributed by atoms with van der Waals surface area (Å²) < 4.78 is 46.1. The third kappa shape index (κ3) is 11.9. The molecule has 6 aromatic rings. The number of benzene rings is 4. The number of hydrogen-bond acceptors (Lipinski definition) is 12. The van der Waals surface area contributed by atoms with E-state index in [-0.39, 0.29) is 59.5 Å². The largest absolute Gasteiger partial charge is 0.497 e. The number of imidazole rings is 1. The third-order valence-electron chi connectivity index (χ3n) is 13.9. The number of thiol groups is 1. The van der Waals surface area contributed by atoms with Crippen molar-refractivity contribution in [2.24, 2.45) is 0 Å². The number of carbonyl (C=O) groups is 1. The first-order valence-corrected chi connectivity index (χ1v) is 30.2. The molecule has 0 aliphatic carbocycles. The molecule has 1 saturated heterocycles. The molecule has 73 heavy (non-hydrogen) atoms. The van der Waals surface area contributed by atoms with Gasteiger partial charge in [0.15, 0.2) is 17.0 Å². The number of nitrogens with one attached hydrogen (secondary N) is 1. The fourth-order valence-electron chi connectivity index (χ4n) is 10.7. The van der Waals surface area contributed by atoms with Gasteiger partial charge in [-0.15, -0.1) is 0 Å². The normalized spacial score (nSPS) is 18.3. The predicted octanol–water partition coefficient (Wildman–Crippen LogP) is 12.5. The maximum atomic E-state index is 13.6. The average Bonchev–Trinajstić information content (AvgIpc) is 3.97. The number of methoxy groups -OCH3 is 2. The number of ether oxygens (including phenoxy) is 3. The zero-order valence-corrected chi connectivity index (χ0v) is 47.2. The van der Waals surface area contributed by atoms with E-state index in [9.17, 15) is 10.1 Å². The van der Waals surface area contributed by atoms with Crippen LogP contribution in [0.1, 0.15) is 103 Å². The smallest absolute Gasteiger partial charge is 0.259 e. The molecule has 5 atom stereocenters. The molecule has 0 spiro atoms. The Morgan fingerprint density at radius 1 is 0.795 bits per heavy atom. The molecule has 3 heterocycles. The molecular weight excluding hydrogens is 974 g/mol. The molecule has 2 unspecified atom stereocenters. The molecule has 1 N–H and O–H groups in total. The van der Waals surface area contributed by atoms with Crippen LogP contribution in [0.3, 0.4) is 0 Å². The van der Waals surface area contributed by atoms with Crippen LogP contribution in [0.15, 0.2) is 122 Å². The lowest BCUT2D eigenvalue weighted by Crippen LogP contribution is -2.53. The number of anilines is 1. The molecule has 1 aliphatic rings.